The molecule has 1 aromatic rings. The fraction of sp³-hybridized carbons (Fsp3) is 0.538. The van der Waals surface area contributed by atoms with Gasteiger partial charge in [-0.25, -0.2) is 4.39 Å². The molecule has 1 aliphatic carbocycles. The number of fused-ring (bicyclic) bond motifs is 1. The molecule has 0 amide bonds. The summed E-state index contributed by atoms with van der Waals surface area (Å²) in [6, 6.07) is 3.52. The normalized spacial score (nSPS) is 23.5. The van der Waals surface area contributed by atoms with Crippen LogP contribution in [0.4, 0.5) is 4.39 Å². The molecule has 1 heterocycles. The van der Waals surface area contributed by atoms with Crippen molar-refractivity contribution in [1.29, 1.82) is 0 Å². The fourth-order valence-electron chi connectivity index (χ4n) is 2.56. The lowest BCUT2D eigenvalue weighted by Crippen LogP contribution is -2.37. The fourth-order valence-corrected chi connectivity index (χ4v) is 2.88. The molecule has 1 atom stereocenters. The van der Waals surface area contributed by atoms with E-state index < -0.39 is 0 Å². The summed E-state index contributed by atoms with van der Waals surface area (Å²) in [6.07, 6.45) is 1.99. The van der Waals surface area contributed by atoms with Crippen LogP contribution in [0.3, 0.4) is 0 Å². The zero-order valence-electron chi connectivity index (χ0n) is 9.51. The monoisotopic (exact) mass is 255 g/mol. The minimum absolute atomic E-state index is 0.203. The van der Waals surface area contributed by atoms with Gasteiger partial charge in [-0.15, -0.1) is 0 Å². The van der Waals surface area contributed by atoms with Gasteiger partial charge < -0.3 is 10.1 Å². The van der Waals surface area contributed by atoms with E-state index in [1.54, 1.807) is 0 Å². The van der Waals surface area contributed by atoms with Crippen molar-refractivity contribution in [1.82, 2.24) is 5.32 Å². The Morgan fingerprint density at radius 2 is 2.24 bits per heavy atom. The first-order valence-electron chi connectivity index (χ1n) is 6.03. The van der Waals surface area contributed by atoms with Gasteiger partial charge in [0.25, 0.3) is 0 Å². The number of hydrogen-bond acceptors (Lipinski definition) is 2. The average molecular weight is 256 g/mol. The Morgan fingerprint density at radius 1 is 1.41 bits per heavy atom. The molecule has 0 radical (unpaired) electrons. The predicted molar refractivity (Wildman–Crippen MR) is 64.8 cm³/mol. The number of ether oxygens (including phenoxy) is 1. The van der Waals surface area contributed by atoms with Crippen LogP contribution in [0.5, 0.6) is 0 Å². The highest BCUT2D eigenvalue weighted by atomic mass is 35.5. The van der Waals surface area contributed by atoms with Crippen molar-refractivity contribution in [3.05, 3.63) is 34.1 Å². The Kier molecular flexibility index (Phi) is 3.07. The Morgan fingerprint density at radius 3 is 2.94 bits per heavy atom. The van der Waals surface area contributed by atoms with Crippen LogP contribution in [-0.2, 0) is 11.2 Å². The summed E-state index contributed by atoms with van der Waals surface area (Å²) in [5.41, 5.74) is 2.14. The maximum absolute atomic E-state index is 13.4. The van der Waals surface area contributed by atoms with E-state index >= 15 is 0 Å². The average Bonchev–Trinajstić information content (AvgIpc) is 2.66. The molecule has 17 heavy (non-hydrogen) atoms. The van der Waals surface area contributed by atoms with E-state index in [0.29, 0.717) is 10.9 Å². The van der Waals surface area contributed by atoms with Gasteiger partial charge in [-0.3, -0.25) is 0 Å². The van der Waals surface area contributed by atoms with E-state index in [1.807, 2.05) is 6.07 Å². The third-order valence-corrected chi connectivity index (χ3v) is 4.02. The number of rotatable bonds is 3. The third kappa shape index (κ3) is 2.07. The maximum Gasteiger partial charge on any atom is 0.142 e. The van der Waals surface area contributed by atoms with E-state index in [2.05, 4.69) is 5.32 Å². The molecule has 1 aliphatic heterocycles. The zero-order chi connectivity index (χ0) is 11.8. The van der Waals surface area contributed by atoms with Crippen molar-refractivity contribution in [2.75, 3.05) is 19.8 Å². The molecule has 0 spiro atoms. The minimum Gasteiger partial charge on any atom is -0.381 e. The van der Waals surface area contributed by atoms with Gasteiger partial charge in [0.05, 0.1) is 18.2 Å². The first kappa shape index (κ1) is 11.5. The standard InChI is InChI=1S/C13H15ClFNO/c14-13-10(15)3-1-9-2-4-11(12(9)13)16-5-8-6-17-7-8/h1,3,8,11,16H,2,4-7H2. The van der Waals surface area contributed by atoms with Crippen LogP contribution in [-0.4, -0.2) is 19.8 Å². The second kappa shape index (κ2) is 4.56. The highest BCUT2D eigenvalue weighted by molar-refractivity contribution is 6.31. The Balaban J connectivity index is 1.75. The Hall–Kier alpha value is -0.640. The van der Waals surface area contributed by atoms with Crippen molar-refractivity contribution in [3.63, 3.8) is 0 Å². The van der Waals surface area contributed by atoms with Crippen LogP contribution in [0, 0.1) is 11.7 Å². The number of halogens is 2. The molecule has 1 aromatic carbocycles. The Labute approximate surface area is 105 Å². The number of benzene rings is 1. The molecule has 4 heteroatoms. The summed E-state index contributed by atoms with van der Waals surface area (Å²) in [5, 5.41) is 3.77. The molecule has 0 aromatic heterocycles. The molecule has 2 aliphatic rings. The van der Waals surface area contributed by atoms with Crippen LogP contribution in [0.25, 0.3) is 0 Å². The largest absolute Gasteiger partial charge is 0.381 e. The minimum atomic E-state index is -0.314. The molecule has 1 saturated heterocycles. The summed E-state index contributed by atoms with van der Waals surface area (Å²) in [6.45, 7) is 2.60. The molecule has 1 N–H and O–H groups in total. The molecular weight excluding hydrogens is 241 g/mol. The number of aryl methyl sites for hydroxylation is 1. The topological polar surface area (TPSA) is 21.3 Å². The van der Waals surface area contributed by atoms with E-state index in [0.717, 1.165) is 38.2 Å². The summed E-state index contributed by atoms with van der Waals surface area (Å²) in [7, 11) is 0. The SMILES string of the molecule is Fc1ccc2c(c1Cl)C(NCC1COC1)CC2. The van der Waals surface area contributed by atoms with E-state index in [-0.39, 0.29) is 11.9 Å². The summed E-state index contributed by atoms with van der Waals surface area (Å²) < 4.78 is 18.6. The highest BCUT2D eigenvalue weighted by Crippen LogP contribution is 2.37. The molecule has 1 fully saturated rings. The van der Waals surface area contributed by atoms with Crippen molar-refractivity contribution >= 4 is 11.6 Å². The zero-order valence-corrected chi connectivity index (χ0v) is 10.3. The second-order valence-corrected chi connectivity index (χ2v) is 5.22. The second-order valence-electron chi connectivity index (χ2n) is 4.84. The van der Waals surface area contributed by atoms with Crippen LogP contribution in [0.2, 0.25) is 5.02 Å². The molecular formula is C13H15ClFNO. The first-order chi connectivity index (χ1) is 8.25. The molecule has 2 nitrogen and oxygen atoms in total. The smallest absolute Gasteiger partial charge is 0.142 e. The van der Waals surface area contributed by atoms with Gasteiger partial charge in [-0.2, -0.15) is 0 Å². The van der Waals surface area contributed by atoms with E-state index in [1.165, 1.54) is 11.6 Å². The number of hydrogen-bond donors (Lipinski definition) is 1. The van der Waals surface area contributed by atoms with Crippen molar-refractivity contribution < 1.29 is 9.13 Å². The van der Waals surface area contributed by atoms with Gasteiger partial charge in [0.1, 0.15) is 5.82 Å². The highest BCUT2D eigenvalue weighted by Gasteiger charge is 2.28. The van der Waals surface area contributed by atoms with Crippen LogP contribution in [0.1, 0.15) is 23.6 Å². The predicted octanol–water partition coefficient (Wildman–Crippen LogP) is 2.70. The van der Waals surface area contributed by atoms with Crippen LogP contribution in [0.15, 0.2) is 12.1 Å². The van der Waals surface area contributed by atoms with Gasteiger partial charge in [0.15, 0.2) is 0 Å². The quantitative estimate of drug-likeness (QED) is 0.897. The maximum atomic E-state index is 13.4. The molecule has 0 saturated carbocycles. The lowest BCUT2D eigenvalue weighted by molar-refractivity contribution is -0.0317. The lowest BCUT2D eigenvalue weighted by atomic mass is 10.1. The van der Waals surface area contributed by atoms with Gasteiger partial charge >= 0.3 is 0 Å². The van der Waals surface area contributed by atoms with Gasteiger partial charge in [-0.1, -0.05) is 17.7 Å². The van der Waals surface area contributed by atoms with Gasteiger partial charge in [0, 0.05) is 18.5 Å². The van der Waals surface area contributed by atoms with Gasteiger partial charge in [-0.05, 0) is 30.0 Å². The molecule has 1 unspecified atom stereocenters. The molecule has 92 valence electrons. The van der Waals surface area contributed by atoms with Crippen LogP contribution < -0.4 is 5.32 Å². The van der Waals surface area contributed by atoms with Crippen molar-refractivity contribution in [2.24, 2.45) is 5.92 Å². The van der Waals surface area contributed by atoms with Crippen molar-refractivity contribution in [3.8, 4) is 0 Å². The number of nitrogens with one attached hydrogen (secondary N) is 1. The Bertz CT molecular complexity index is 434. The van der Waals surface area contributed by atoms with E-state index in [9.17, 15) is 4.39 Å². The summed E-state index contributed by atoms with van der Waals surface area (Å²) >= 11 is 6.06. The van der Waals surface area contributed by atoms with Crippen molar-refractivity contribution in [2.45, 2.75) is 18.9 Å². The van der Waals surface area contributed by atoms with Gasteiger partial charge in [0.2, 0.25) is 0 Å². The summed E-state index contributed by atoms with van der Waals surface area (Å²) in [4.78, 5) is 0. The third-order valence-electron chi connectivity index (χ3n) is 3.63. The van der Waals surface area contributed by atoms with E-state index in [4.69, 9.17) is 16.3 Å². The molecule has 3 rings (SSSR count). The molecule has 0 bridgehead atoms. The van der Waals surface area contributed by atoms with Crippen LogP contribution >= 0.6 is 11.6 Å². The first-order valence-corrected chi connectivity index (χ1v) is 6.41. The summed E-state index contributed by atoms with van der Waals surface area (Å²) in [5.74, 6) is 0.289. The lowest BCUT2D eigenvalue weighted by Gasteiger charge is -2.28.